The molecule has 3 rings (SSSR count). The number of carbonyl (C=O) groups is 1. The van der Waals surface area contributed by atoms with Crippen molar-refractivity contribution in [2.45, 2.75) is 39.8 Å². The Hall–Kier alpha value is -2.47. The summed E-state index contributed by atoms with van der Waals surface area (Å²) in [6.45, 7) is 6.26. The number of benzene rings is 2. The molecule has 1 amide bonds. The molecule has 1 heterocycles. The van der Waals surface area contributed by atoms with E-state index in [2.05, 4.69) is 52.2 Å². The Kier molecular flexibility index (Phi) is 6.29. The zero-order valence-corrected chi connectivity index (χ0v) is 17.9. The fourth-order valence-electron chi connectivity index (χ4n) is 3.18. The van der Waals surface area contributed by atoms with E-state index >= 15 is 0 Å². The van der Waals surface area contributed by atoms with Gasteiger partial charge in [-0.1, -0.05) is 54.0 Å². The van der Waals surface area contributed by atoms with Crippen molar-refractivity contribution in [3.63, 3.8) is 0 Å². The Labute approximate surface area is 172 Å². The van der Waals surface area contributed by atoms with Crippen molar-refractivity contribution in [2.24, 2.45) is 5.92 Å². The number of halogens is 1. The monoisotopic (exact) mass is 441 g/mol. The van der Waals surface area contributed by atoms with Crippen molar-refractivity contribution in [1.29, 1.82) is 0 Å². The first kappa shape index (κ1) is 20.3. The molecule has 0 aliphatic rings. The first-order chi connectivity index (χ1) is 13.3. The summed E-state index contributed by atoms with van der Waals surface area (Å²) in [6.07, 6.45) is 2.46. The van der Waals surface area contributed by atoms with Crippen LogP contribution in [-0.2, 0) is 17.8 Å². The molecular weight excluding hydrogens is 418 g/mol. The normalized spacial score (nSPS) is 12.3. The molecular formula is C22H24BrN3O2. The second-order valence-corrected chi connectivity index (χ2v) is 8.38. The topological polar surface area (TPSA) is 64.0 Å². The molecule has 0 fully saturated rings. The van der Waals surface area contributed by atoms with Crippen LogP contribution in [0.5, 0.6) is 0 Å². The molecule has 0 spiro atoms. The second kappa shape index (κ2) is 8.69. The summed E-state index contributed by atoms with van der Waals surface area (Å²) in [7, 11) is 0. The number of hydrogen-bond donors (Lipinski definition) is 1. The third kappa shape index (κ3) is 4.87. The Morgan fingerprint density at radius 1 is 1.14 bits per heavy atom. The molecule has 1 unspecified atom stereocenters. The van der Waals surface area contributed by atoms with Gasteiger partial charge in [0, 0.05) is 4.47 Å². The van der Waals surface area contributed by atoms with Gasteiger partial charge >= 0.3 is 0 Å². The molecule has 5 nitrogen and oxygen atoms in total. The van der Waals surface area contributed by atoms with Crippen LogP contribution < -0.4 is 10.9 Å². The van der Waals surface area contributed by atoms with Gasteiger partial charge in [0.15, 0.2) is 0 Å². The molecule has 2 aromatic carbocycles. The maximum absolute atomic E-state index is 12.6. The zero-order chi connectivity index (χ0) is 20.3. The first-order valence-electron chi connectivity index (χ1n) is 9.36. The minimum atomic E-state index is -0.229. The number of aromatic nitrogens is 2. The van der Waals surface area contributed by atoms with Crippen LogP contribution >= 0.6 is 15.9 Å². The van der Waals surface area contributed by atoms with Crippen LogP contribution in [0.4, 0.5) is 0 Å². The van der Waals surface area contributed by atoms with Crippen molar-refractivity contribution in [2.75, 3.05) is 0 Å². The quantitative estimate of drug-likeness (QED) is 0.622. The van der Waals surface area contributed by atoms with E-state index in [4.69, 9.17) is 0 Å². The van der Waals surface area contributed by atoms with Gasteiger partial charge in [-0.3, -0.25) is 14.2 Å². The van der Waals surface area contributed by atoms with E-state index in [1.54, 1.807) is 12.1 Å². The van der Waals surface area contributed by atoms with Gasteiger partial charge in [0.25, 0.3) is 5.56 Å². The maximum atomic E-state index is 12.6. The largest absolute Gasteiger partial charge is 0.348 e. The van der Waals surface area contributed by atoms with Gasteiger partial charge in [-0.05, 0) is 48.6 Å². The van der Waals surface area contributed by atoms with Gasteiger partial charge in [0.1, 0.15) is 6.54 Å². The molecule has 0 saturated heterocycles. The SMILES string of the molecule is CC(C)Cc1ccc(C(C)NC(=O)Cn2cnc3ccc(Br)cc3c2=O)cc1. The summed E-state index contributed by atoms with van der Waals surface area (Å²) in [6, 6.07) is 13.5. The molecule has 1 aromatic heterocycles. The van der Waals surface area contributed by atoms with E-state index in [1.807, 2.05) is 25.1 Å². The zero-order valence-electron chi connectivity index (χ0n) is 16.3. The lowest BCUT2D eigenvalue weighted by Gasteiger charge is -2.16. The third-order valence-corrected chi connectivity index (χ3v) is 5.09. The van der Waals surface area contributed by atoms with E-state index in [0.29, 0.717) is 16.8 Å². The standard InChI is InChI=1S/C22H24BrN3O2/c1-14(2)10-16-4-6-17(7-5-16)15(3)25-21(27)12-26-13-24-20-9-8-18(23)11-19(20)22(26)28/h4-9,11,13-15H,10,12H2,1-3H3,(H,25,27). The van der Waals surface area contributed by atoms with Crippen LogP contribution in [0.1, 0.15) is 37.9 Å². The number of rotatable bonds is 6. The molecule has 0 radical (unpaired) electrons. The highest BCUT2D eigenvalue weighted by Crippen LogP contribution is 2.16. The minimum Gasteiger partial charge on any atom is -0.348 e. The van der Waals surface area contributed by atoms with Crippen LogP contribution in [0.3, 0.4) is 0 Å². The van der Waals surface area contributed by atoms with Crippen molar-refractivity contribution < 1.29 is 4.79 Å². The first-order valence-corrected chi connectivity index (χ1v) is 10.2. The molecule has 28 heavy (non-hydrogen) atoms. The number of hydrogen-bond acceptors (Lipinski definition) is 3. The van der Waals surface area contributed by atoms with Gasteiger partial charge in [0.05, 0.1) is 23.3 Å². The number of amides is 1. The van der Waals surface area contributed by atoms with E-state index in [0.717, 1.165) is 16.5 Å². The van der Waals surface area contributed by atoms with Crippen molar-refractivity contribution in [3.05, 3.63) is 74.7 Å². The van der Waals surface area contributed by atoms with E-state index in [-0.39, 0.29) is 24.1 Å². The van der Waals surface area contributed by atoms with E-state index in [1.165, 1.54) is 16.5 Å². The Morgan fingerprint density at radius 3 is 2.54 bits per heavy atom. The molecule has 0 aliphatic carbocycles. The van der Waals surface area contributed by atoms with Crippen LogP contribution in [0.15, 0.2) is 58.1 Å². The van der Waals surface area contributed by atoms with Crippen LogP contribution in [0.2, 0.25) is 0 Å². The van der Waals surface area contributed by atoms with Gasteiger partial charge in [-0.15, -0.1) is 0 Å². The van der Waals surface area contributed by atoms with E-state index in [9.17, 15) is 9.59 Å². The fraction of sp³-hybridized carbons (Fsp3) is 0.318. The summed E-state index contributed by atoms with van der Waals surface area (Å²) in [5, 5.41) is 3.44. The van der Waals surface area contributed by atoms with Gasteiger partial charge < -0.3 is 5.32 Å². The van der Waals surface area contributed by atoms with Crippen LogP contribution in [0, 0.1) is 5.92 Å². The van der Waals surface area contributed by atoms with Gasteiger partial charge in [0.2, 0.25) is 5.91 Å². The van der Waals surface area contributed by atoms with Crippen molar-refractivity contribution >= 4 is 32.7 Å². The van der Waals surface area contributed by atoms with Gasteiger partial charge in [-0.25, -0.2) is 4.98 Å². The molecule has 1 atom stereocenters. The van der Waals surface area contributed by atoms with Crippen LogP contribution in [-0.4, -0.2) is 15.5 Å². The summed E-state index contributed by atoms with van der Waals surface area (Å²) >= 11 is 3.36. The Bertz CT molecular complexity index is 1040. The lowest BCUT2D eigenvalue weighted by atomic mass is 10.00. The predicted molar refractivity (Wildman–Crippen MR) is 115 cm³/mol. The van der Waals surface area contributed by atoms with Gasteiger partial charge in [-0.2, -0.15) is 0 Å². The highest BCUT2D eigenvalue weighted by atomic mass is 79.9. The fourth-order valence-corrected chi connectivity index (χ4v) is 3.54. The Morgan fingerprint density at radius 2 is 1.86 bits per heavy atom. The number of nitrogens with one attached hydrogen (secondary N) is 1. The molecule has 0 aliphatic heterocycles. The summed E-state index contributed by atoms with van der Waals surface area (Å²) in [5.74, 6) is 0.384. The highest BCUT2D eigenvalue weighted by molar-refractivity contribution is 9.10. The van der Waals surface area contributed by atoms with Crippen LogP contribution in [0.25, 0.3) is 10.9 Å². The third-order valence-electron chi connectivity index (χ3n) is 4.60. The Balaban J connectivity index is 1.69. The minimum absolute atomic E-state index is 0.0654. The summed E-state index contributed by atoms with van der Waals surface area (Å²) in [4.78, 5) is 29.3. The number of fused-ring (bicyclic) bond motifs is 1. The average molecular weight is 442 g/mol. The molecule has 146 valence electrons. The summed E-state index contributed by atoms with van der Waals surface area (Å²) in [5.41, 5.74) is 2.71. The smallest absolute Gasteiger partial charge is 0.261 e. The average Bonchev–Trinajstić information content (AvgIpc) is 2.64. The number of carbonyl (C=O) groups excluding carboxylic acids is 1. The predicted octanol–water partition coefficient (Wildman–Crippen LogP) is 4.23. The summed E-state index contributed by atoms with van der Waals surface area (Å²) < 4.78 is 2.14. The number of nitrogens with zero attached hydrogens (tertiary/aromatic N) is 2. The second-order valence-electron chi connectivity index (χ2n) is 7.47. The maximum Gasteiger partial charge on any atom is 0.261 e. The lowest BCUT2D eigenvalue weighted by molar-refractivity contribution is -0.122. The molecule has 3 aromatic rings. The van der Waals surface area contributed by atoms with E-state index < -0.39 is 0 Å². The molecule has 1 N–H and O–H groups in total. The van der Waals surface area contributed by atoms with Crippen molar-refractivity contribution in [3.8, 4) is 0 Å². The highest BCUT2D eigenvalue weighted by Gasteiger charge is 2.12. The van der Waals surface area contributed by atoms with Crippen molar-refractivity contribution in [1.82, 2.24) is 14.9 Å². The lowest BCUT2D eigenvalue weighted by Crippen LogP contribution is -2.34. The molecule has 0 saturated carbocycles. The molecule has 0 bridgehead atoms. The molecule has 6 heteroatoms.